The summed E-state index contributed by atoms with van der Waals surface area (Å²) in [5.41, 5.74) is 1.48. The number of benzene rings is 1. The fourth-order valence-corrected chi connectivity index (χ4v) is 1.44. The van der Waals surface area contributed by atoms with Crippen LogP contribution in [-0.4, -0.2) is 19.2 Å². The van der Waals surface area contributed by atoms with Gasteiger partial charge in [-0.15, -0.1) is 0 Å². The topological polar surface area (TPSA) is 47.6 Å². The number of ether oxygens (including phenoxy) is 2. The summed E-state index contributed by atoms with van der Waals surface area (Å²) in [6, 6.07) is 7.48. The van der Waals surface area contributed by atoms with Gasteiger partial charge in [0.15, 0.2) is 0 Å². The molecule has 0 fully saturated rings. The summed E-state index contributed by atoms with van der Waals surface area (Å²) in [6.45, 7) is 8.53. The van der Waals surface area contributed by atoms with Crippen molar-refractivity contribution in [3.63, 3.8) is 0 Å². The molecule has 1 rings (SSSR count). The highest BCUT2D eigenvalue weighted by Gasteiger charge is 2.05. The average Bonchev–Trinajstić information content (AvgIpc) is 2.32. The maximum atomic E-state index is 11.2. The van der Waals surface area contributed by atoms with Crippen molar-refractivity contribution in [2.45, 2.75) is 20.3 Å². The van der Waals surface area contributed by atoms with Gasteiger partial charge >= 0.3 is 5.97 Å². The summed E-state index contributed by atoms with van der Waals surface area (Å²) in [6.07, 6.45) is 0.168. The van der Waals surface area contributed by atoms with E-state index < -0.39 is 0 Å². The third kappa shape index (κ3) is 4.91. The Labute approximate surface area is 108 Å². The molecule has 0 unspecified atom stereocenters. The highest BCUT2D eigenvalue weighted by molar-refractivity contribution is 5.73. The Hall–Kier alpha value is -1.97. The van der Waals surface area contributed by atoms with Crippen LogP contribution in [0.5, 0.6) is 5.75 Å². The third-order valence-electron chi connectivity index (χ3n) is 2.15. The molecule has 1 aromatic carbocycles. The van der Waals surface area contributed by atoms with Crippen LogP contribution in [-0.2, 0) is 9.53 Å². The zero-order valence-electron chi connectivity index (χ0n) is 10.9. The molecule has 4 heteroatoms. The molecule has 1 N–H and O–H groups in total. The Kier molecular flexibility index (Phi) is 5.77. The second kappa shape index (κ2) is 7.37. The number of carbonyl (C=O) groups is 1. The summed E-state index contributed by atoms with van der Waals surface area (Å²) < 4.78 is 10.2. The first-order chi connectivity index (χ1) is 8.65. The van der Waals surface area contributed by atoms with Gasteiger partial charge in [0.1, 0.15) is 5.75 Å². The van der Waals surface area contributed by atoms with Gasteiger partial charge in [-0.1, -0.05) is 6.58 Å². The van der Waals surface area contributed by atoms with Crippen molar-refractivity contribution in [2.24, 2.45) is 0 Å². The summed E-state index contributed by atoms with van der Waals surface area (Å²) >= 11 is 0. The van der Waals surface area contributed by atoms with E-state index in [2.05, 4.69) is 11.9 Å². The molecule has 1 aromatic rings. The summed E-state index contributed by atoms with van der Waals surface area (Å²) in [4.78, 5) is 11.2. The molecule has 0 bridgehead atoms. The molecule has 18 heavy (non-hydrogen) atoms. The summed E-state index contributed by atoms with van der Waals surface area (Å²) in [7, 11) is 0. The molecule has 0 aliphatic heterocycles. The number of anilines is 1. The molecule has 0 amide bonds. The Morgan fingerprint density at radius 2 is 1.89 bits per heavy atom. The van der Waals surface area contributed by atoms with Gasteiger partial charge < -0.3 is 14.8 Å². The maximum Gasteiger partial charge on any atom is 0.311 e. The number of hydrogen-bond donors (Lipinski definition) is 1. The van der Waals surface area contributed by atoms with E-state index in [9.17, 15) is 4.79 Å². The van der Waals surface area contributed by atoms with Crippen molar-refractivity contribution in [3.8, 4) is 5.75 Å². The first-order valence-electron chi connectivity index (χ1n) is 5.99. The molecule has 0 aliphatic carbocycles. The van der Waals surface area contributed by atoms with E-state index in [4.69, 9.17) is 9.47 Å². The number of rotatable bonds is 7. The van der Waals surface area contributed by atoms with E-state index in [-0.39, 0.29) is 12.4 Å². The van der Waals surface area contributed by atoms with Gasteiger partial charge in [0.2, 0.25) is 0 Å². The monoisotopic (exact) mass is 249 g/mol. The van der Waals surface area contributed by atoms with E-state index in [1.807, 2.05) is 31.2 Å². The Bertz CT molecular complexity index is 398. The minimum atomic E-state index is -0.277. The molecule has 0 aliphatic rings. The zero-order chi connectivity index (χ0) is 13.4. The second-order valence-corrected chi connectivity index (χ2v) is 3.67. The number of esters is 1. The van der Waals surface area contributed by atoms with Crippen molar-refractivity contribution in [1.29, 1.82) is 0 Å². The minimum Gasteiger partial charge on any atom is -0.494 e. The predicted molar refractivity (Wildman–Crippen MR) is 71.6 cm³/mol. The average molecular weight is 249 g/mol. The van der Waals surface area contributed by atoms with Crippen molar-refractivity contribution < 1.29 is 14.3 Å². The molecule has 98 valence electrons. The standard InChI is InChI=1S/C14H19NO3/c1-4-17-13-8-6-12(7-9-13)15-11(3)10-14(16)18-5-2/h6-9,15H,3-5,10H2,1-2H3. The van der Waals surface area contributed by atoms with Crippen molar-refractivity contribution in [3.05, 3.63) is 36.5 Å². The van der Waals surface area contributed by atoms with Crippen LogP contribution in [0.4, 0.5) is 5.69 Å². The van der Waals surface area contributed by atoms with Gasteiger partial charge in [-0.25, -0.2) is 0 Å². The van der Waals surface area contributed by atoms with Crippen molar-refractivity contribution in [1.82, 2.24) is 0 Å². The molecule has 0 atom stereocenters. The second-order valence-electron chi connectivity index (χ2n) is 3.67. The third-order valence-corrected chi connectivity index (χ3v) is 2.15. The van der Waals surface area contributed by atoms with E-state index in [0.29, 0.717) is 18.9 Å². The Morgan fingerprint density at radius 1 is 1.22 bits per heavy atom. The van der Waals surface area contributed by atoms with Gasteiger partial charge in [-0.3, -0.25) is 4.79 Å². The van der Waals surface area contributed by atoms with Crippen LogP contribution < -0.4 is 10.1 Å². The van der Waals surface area contributed by atoms with Crippen molar-refractivity contribution in [2.75, 3.05) is 18.5 Å². The molecule has 0 saturated carbocycles. The fourth-order valence-electron chi connectivity index (χ4n) is 1.44. The SMILES string of the molecule is C=C(CC(=O)OCC)Nc1ccc(OCC)cc1. The smallest absolute Gasteiger partial charge is 0.311 e. The first kappa shape index (κ1) is 14.1. The van der Waals surface area contributed by atoms with E-state index in [0.717, 1.165) is 11.4 Å². The molecule has 0 aromatic heterocycles. The highest BCUT2D eigenvalue weighted by atomic mass is 16.5. The first-order valence-corrected chi connectivity index (χ1v) is 5.99. The van der Waals surface area contributed by atoms with E-state index in [1.54, 1.807) is 6.92 Å². The van der Waals surface area contributed by atoms with Gasteiger partial charge in [-0.05, 0) is 38.1 Å². The number of carbonyl (C=O) groups excluding carboxylic acids is 1. The largest absolute Gasteiger partial charge is 0.494 e. The van der Waals surface area contributed by atoms with E-state index in [1.165, 1.54) is 0 Å². The Balaban J connectivity index is 2.46. The Morgan fingerprint density at radius 3 is 2.44 bits per heavy atom. The van der Waals surface area contributed by atoms with Crippen LogP contribution in [0.15, 0.2) is 36.5 Å². The van der Waals surface area contributed by atoms with Gasteiger partial charge in [0.25, 0.3) is 0 Å². The maximum absolute atomic E-state index is 11.2. The van der Waals surface area contributed by atoms with Crippen LogP contribution in [0.1, 0.15) is 20.3 Å². The molecule has 0 radical (unpaired) electrons. The summed E-state index contributed by atoms with van der Waals surface area (Å²) in [5, 5.41) is 3.05. The minimum absolute atomic E-state index is 0.168. The molecule has 4 nitrogen and oxygen atoms in total. The molecular formula is C14H19NO3. The number of hydrogen-bond acceptors (Lipinski definition) is 4. The van der Waals surface area contributed by atoms with Gasteiger partial charge in [-0.2, -0.15) is 0 Å². The van der Waals surface area contributed by atoms with Gasteiger partial charge in [0, 0.05) is 11.4 Å². The lowest BCUT2D eigenvalue weighted by molar-refractivity contribution is -0.142. The normalized spacial score (nSPS) is 9.67. The van der Waals surface area contributed by atoms with Crippen molar-refractivity contribution >= 4 is 11.7 Å². The molecule has 0 spiro atoms. The molecule has 0 saturated heterocycles. The molecule has 0 heterocycles. The summed E-state index contributed by atoms with van der Waals surface area (Å²) in [5.74, 6) is 0.542. The lowest BCUT2D eigenvalue weighted by atomic mass is 10.2. The zero-order valence-corrected chi connectivity index (χ0v) is 10.9. The van der Waals surface area contributed by atoms with E-state index >= 15 is 0 Å². The van der Waals surface area contributed by atoms with Gasteiger partial charge in [0.05, 0.1) is 19.6 Å². The fraction of sp³-hybridized carbons (Fsp3) is 0.357. The van der Waals surface area contributed by atoms with Crippen LogP contribution in [0.3, 0.4) is 0 Å². The molecular weight excluding hydrogens is 230 g/mol. The lowest BCUT2D eigenvalue weighted by Gasteiger charge is -2.10. The quantitative estimate of drug-likeness (QED) is 0.755. The van der Waals surface area contributed by atoms with Crippen LogP contribution in [0.2, 0.25) is 0 Å². The lowest BCUT2D eigenvalue weighted by Crippen LogP contribution is -2.09. The van der Waals surface area contributed by atoms with Crippen LogP contribution >= 0.6 is 0 Å². The predicted octanol–water partition coefficient (Wildman–Crippen LogP) is 2.96. The van der Waals surface area contributed by atoms with Crippen LogP contribution in [0.25, 0.3) is 0 Å². The van der Waals surface area contributed by atoms with Crippen LogP contribution in [0, 0.1) is 0 Å². The number of nitrogens with one attached hydrogen (secondary N) is 1. The highest BCUT2D eigenvalue weighted by Crippen LogP contribution is 2.17.